The Balaban J connectivity index is 1.90. The van der Waals surface area contributed by atoms with E-state index in [2.05, 4.69) is 20.8 Å². The highest BCUT2D eigenvalue weighted by atomic mass is 79.9. The van der Waals surface area contributed by atoms with Crippen LogP contribution in [-0.2, 0) is 16.5 Å². The first-order valence-corrected chi connectivity index (χ1v) is 7.20. The quantitative estimate of drug-likeness (QED) is 0.750. The van der Waals surface area contributed by atoms with Gasteiger partial charge in [-0.3, -0.25) is 9.69 Å². The van der Waals surface area contributed by atoms with Gasteiger partial charge in [-0.15, -0.1) is 0 Å². The summed E-state index contributed by atoms with van der Waals surface area (Å²) in [5, 5.41) is 0. The molecule has 0 bridgehead atoms. The fraction of sp³-hybridized carbons (Fsp3) is 0.538. The molecule has 20 heavy (non-hydrogen) atoms. The van der Waals surface area contributed by atoms with Crippen molar-refractivity contribution >= 4 is 21.9 Å². The summed E-state index contributed by atoms with van der Waals surface area (Å²) >= 11 is 3.26. The van der Waals surface area contributed by atoms with Gasteiger partial charge in [0.15, 0.2) is 0 Å². The lowest BCUT2D eigenvalue weighted by atomic mass is 10.3. The number of hydrogen-bond donors (Lipinski definition) is 0. The van der Waals surface area contributed by atoms with Crippen molar-refractivity contribution in [3.8, 4) is 0 Å². The van der Waals surface area contributed by atoms with E-state index in [1.807, 2.05) is 0 Å². The van der Waals surface area contributed by atoms with Crippen LogP contribution in [0.3, 0.4) is 0 Å². The molecule has 1 aromatic rings. The van der Waals surface area contributed by atoms with Crippen molar-refractivity contribution in [1.29, 1.82) is 0 Å². The van der Waals surface area contributed by atoms with Crippen molar-refractivity contribution in [3.63, 3.8) is 0 Å². The van der Waals surface area contributed by atoms with Crippen molar-refractivity contribution in [3.05, 3.63) is 32.7 Å². The molecule has 2 rings (SSSR count). The molecule has 1 aliphatic heterocycles. The molecule has 0 saturated carbocycles. The van der Waals surface area contributed by atoms with E-state index in [1.54, 1.807) is 13.2 Å². The second-order valence-electron chi connectivity index (χ2n) is 4.58. The third-order valence-corrected chi connectivity index (χ3v) is 3.55. The van der Waals surface area contributed by atoms with E-state index in [4.69, 9.17) is 9.47 Å². The number of hydrogen-bond acceptors (Lipinski definition) is 5. The number of nitrogens with zero attached hydrogens (tertiary/aromatic N) is 2. The molecule has 1 aliphatic rings. The van der Waals surface area contributed by atoms with Crippen LogP contribution in [0, 0.1) is 0 Å². The predicted octanol–water partition coefficient (Wildman–Crippen LogP) is 0.637. The van der Waals surface area contributed by atoms with Gasteiger partial charge in [0.2, 0.25) is 0 Å². The average molecular weight is 345 g/mol. The second kappa shape index (κ2) is 7.01. The van der Waals surface area contributed by atoms with E-state index in [0.717, 1.165) is 13.1 Å². The lowest BCUT2D eigenvalue weighted by molar-refractivity contribution is 0.0194. The van der Waals surface area contributed by atoms with E-state index in [9.17, 15) is 9.59 Å². The maximum absolute atomic E-state index is 11.9. The van der Waals surface area contributed by atoms with Gasteiger partial charge < -0.3 is 14.0 Å². The summed E-state index contributed by atoms with van der Waals surface area (Å²) in [7, 11) is 1.59. The van der Waals surface area contributed by atoms with Crippen LogP contribution in [0.25, 0.3) is 0 Å². The smallest absolute Gasteiger partial charge is 0.343 e. The number of ether oxygens (including phenoxy) is 2. The molecule has 1 fully saturated rings. The Morgan fingerprint density at radius 2 is 2.15 bits per heavy atom. The number of pyridine rings is 1. The fourth-order valence-corrected chi connectivity index (χ4v) is 2.52. The molecule has 0 aliphatic carbocycles. The molecule has 0 radical (unpaired) electrons. The van der Waals surface area contributed by atoms with Crippen LogP contribution in [0.15, 0.2) is 21.5 Å². The summed E-state index contributed by atoms with van der Waals surface area (Å²) in [5.41, 5.74) is -0.312. The lowest BCUT2D eigenvalue weighted by Gasteiger charge is -2.26. The molecular formula is C13H17BrN2O4. The minimum atomic E-state index is -0.583. The number of rotatable bonds is 4. The number of esters is 1. The monoisotopic (exact) mass is 344 g/mol. The highest BCUT2D eigenvalue weighted by Gasteiger charge is 2.15. The number of carbonyl (C=O) groups is 1. The summed E-state index contributed by atoms with van der Waals surface area (Å²) < 4.78 is 12.4. The minimum absolute atomic E-state index is 0.0452. The average Bonchev–Trinajstić information content (AvgIpc) is 2.44. The normalized spacial score (nSPS) is 16.1. The van der Waals surface area contributed by atoms with Gasteiger partial charge in [-0.1, -0.05) is 0 Å². The lowest BCUT2D eigenvalue weighted by Crippen LogP contribution is -2.38. The third-order valence-electron chi connectivity index (χ3n) is 3.11. The van der Waals surface area contributed by atoms with Gasteiger partial charge in [-0.25, -0.2) is 4.79 Å². The molecule has 110 valence electrons. The molecular weight excluding hydrogens is 328 g/mol. The maximum atomic E-state index is 11.9. The number of carbonyl (C=O) groups excluding carboxylic acids is 1. The van der Waals surface area contributed by atoms with E-state index in [0.29, 0.717) is 24.2 Å². The van der Waals surface area contributed by atoms with E-state index >= 15 is 0 Å². The van der Waals surface area contributed by atoms with E-state index in [1.165, 1.54) is 10.6 Å². The molecule has 2 heterocycles. The predicted molar refractivity (Wildman–Crippen MR) is 76.9 cm³/mol. The Labute approximate surface area is 125 Å². The van der Waals surface area contributed by atoms with Crippen LogP contribution in [0.4, 0.5) is 0 Å². The zero-order valence-electron chi connectivity index (χ0n) is 11.3. The molecule has 0 spiro atoms. The van der Waals surface area contributed by atoms with Crippen LogP contribution >= 0.6 is 15.9 Å². The van der Waals surface area contributed by atoms with Crippen LogP contribution in [-0.4, -0.2) is 54.9 Å². The van der Waals surface area contributed by atoms with Gasteiger partial charge in [-0.2, -0.15) is 0 Å². The first-order valence-electron chi connectivity index (χ1n) is 6.41. The zero-order chi connectivity index (χ0) is 14.5. The topological polar surface area (TPSA) is 60.8 Å². The van der Waals surface area contributed by atoms with Crippen molar-refractivity contribution in [2.75, 3.05) is 39.5 Å². The molecule has 0 unspecified atom stereocenters. The van der Waals surface area contributed by atoms with Gasteiger partial charge in [0.05, 0.1) is 13.2 Å². The Kier molecular flexibility index (Phi) is 5.33. The molecule has 1 saturated heterocycles. The highest BCUT2D eigenvalue weighted by molar-refractivity contribution is 9.10. The van der Waals surface area contributed by atoms with Crippen molar-refractivity contribution < 1.29 is 14.3 Å². The molecule has 0 atom stereocenters. The van der Waals surface area contributed by atoms with Crippen LogP contribution < -0.4 is 5.56 Å². The first kappa shape index (κ1) is 15.2. The third kappa shape index (κ3) is 3.91. The van der Waals surface area contributed by atoms with Gasteiger partial charge in [0, 0.05) is 37.4 Å². The van der Waals surface area contributed by atoms with Crippen LogP contribution in [0.1, 0.15) is 10.4 Å². The SMILES string of the molecule is Cn1cc(Br)cc(C(=O)OCCN2CCOCC2)c1=O. The van der Waals surface area contributed by atoms with Gasteiger partial charge in [0.25, 0.3) is 5.56 Å². The summed E-state index contributed by atoms with van der Waals surface area (Å²) in [6.07, 6.45) is 1.60. The summed E-state index contributed by atoms with van der Waals surface area (Å²) in [5.74, 6) is -0.583. The van der Waals surface area contributed by atoms with Gasteiger partial charge in [-0.05, 0) is 22.0 Å². The number of halogens is 1. The molecule has 7 heteroatoms. The summed E-state index contributed by atoms with van der Waals surface area (Å²) in [6.45, 7) is 4.03. The Bertz CT molecular complexity index is 538. The van der Waals surface area contributed by atoms with Crippen molar-refractivity contribution in [2.24, 2.45) is 7.05 Å². The number of aryl methyl sites for hydroxylation is 1. The zero-order valence-corrected chi connectivity index (χ0v) is 12.9. The minimum Gasteiger partial charge on any atom is -0.461 e. The Hall–Kier alpha value is -1.18. The van der Waals surface area contributed by atoms with Crippen molar-refractivity contribution in [1.82, 2.24) is 9.47 Å². The van der Waals surface area contributed by atoms with Crippen LogP contribution in [0.2, 0.25) is 0 Å². The Morgan fingerprint density at radius 1 is 1.45 bits per heavy atom. The molecule has 0 aromatic carbocycles. The number of morpholine rings is 1. The van der Waals surface area contributed by atoms with Gasteiger partial charge >= 0.3 is 5.97 Å². The summed E-state index contributed by atoms with van der Waals surface area (Å²) in [6, 6.07) is 1.49. The summed E-state index contributed by atoms with van der Waals surface area (Å²) in [4.78, 5) is 25.9. The second-order valence-corrected chi connectivity index (χ2v) is 5.49. The van der Waals surface area contributed by atoms with Gasteiger partial charge in [0.1, 0.15) is 12.2 Å². The fourth-order valence-electron chi connectivity index (χ4n) is 1.99. The molecule has 1 aromatic heterocycles. The number of aromatic nitrogens is 1. The molecule has 6 nitrogen and oxygen atoms in total. The van der Waals surface area contributed by atoms with E-state index < -0.39 is 5.97 Å². The molecule has 0 N–H and O–H groups in total. The van der Waals surface area contributed by atoms with E-state index in [-0.39, 0.29) is 17.7 Å². The Morgan fingerprint density at radius 3 is 2.85 bits per heavy atom. The maximum Gasteiger partial charge on any atom is 0.343 e. The van der Waals surface area contributed by atoms with Crippen molar-refractivity contribution in [2.45, 2.75) is 0 Å². The first-order chi connectivity index (χ1) is 9.58. The molecule has 0 amide bonds. The largest absolute Gasteiger partial charge is 0.461 e. The standard InChI is InChI=1S/C13H17BrN2O4/c1-15-9-10(14)8-11(12(15)17)13(18)20-7-4-16-2-5-19-6-3-16/h8-9H,2-7H2,1H3. The van der Waals surface area contributed by atoms with Crippen LogP contribution in [0.5, 0.6) is 0 Å². The highest BCUT2D eigenvalue weighted by Crippen LogP contribution is 2.09.